The Labute approximate surface area is 89.7 Å². The van der Waals surface area contributed by atoms with Crippen LogP contribution in [0.5, 0.6) is 0 Å². The number of nitrogens with zero attached hydrogens (tertiary/aromatic N) is 3. The van der Waals surface area contributed by atoms with Crippen LogP contribution in [0.15, 0.2) is 9.98 Å². The van der Waals surface area contributed by atoms with Crippen molar-refractivity contribution in [3.63, 3.8) is 0 Å². The van der Waals surface area contributed by atoms with Crippen LogP contribution in [-0.4, -0.2) is 48.2 Å². The molecule has 1 aliphatic rings. The van der Waals surface area contributed by atoms with E-state index >= 15 is 0 Å². The first-order chi connectivity index (χ1) is 7.24. The van der Waals surface area contributed by atoms with Gasteiger partial charge in [-0.3, -0.25) is 0 Å². The number of aliphatic hydroxyl groups excluding tert-OH is 1. The molecule has 1 fully saturated rings. The third-order valence-electron chi connectivity index (χ3n) is 2.28. The lowest BCUT2D eigenvalue weighted by atomic mass is 10.1. The molecule has 0 aromatic heterocycles. The molecule has 0 saturated carbocycles. The number of likely N-dealkylation sites (tertiary alicyclic amines) is 1. The molecule has 6 heteroatoms. The molecule has 0 aliphatic carbocycles. The molecule has 6 nitrogen and oxygen atoms in total. The Morgan fingerprint density at radius 1 is 1.20 bits per heavy atom. The van der Waals surface area contributed by atoms with Crippen LogP contribution in [0.2, 0.25) is 0 Å². The van der Waals surface area contributed by atoms with Gasteiger partial charge in [-0.1, -0.05) is 0 Å². The number of rotatable bonds is 2. The number of hydrogen-bond acceptors (Lipinski definition) is 2. The highest BCUT2D eigenvalue weighted by Crippen LogP contribution is 2.07. The molecule has 0 radical (unpaired) electrons. The minimum atomic E-state index is -0.0279. The van der Waals surface area contributed by atoms with Crippen molar-refractivity contribution < 1.29 is 5.11 Å². The average Bonchev–Trinajstić information content (AvgIpc) is 2.27. The Kier molecular flexibility index (Phi) is 4.89. The van der Waals surface area contributed by atoms with E-state index in [1.165, 1.54) is 6.42 Å². The molecule has 1 saturated heterocycles. The SMILES string of the molecule is NC(=NCCO)N=C(N)N1CCCCC1. The fraction of sp³-hybridized carbons (Fsp3) is 0.778. The molecule has 0 atom stereocenters. The fourth-order valence-electron chi connectivity index (χ4n) is 1.51. The summed E-state index contributed by atoms with van der Waals surface area (Å²) in [4.78, 5) is 9.81. The van der Waals surface area contributed by atoms with Gasteiger partial charge in [0.2, 0.25) is 5.96 Å². The van der Waals surface area contributed by atoms with Gasteiger partial charge in [0.15, 0.2) is 5.96 Å². The van der Waals surface area contributed by atoms with Gasteiger partial charge >= 0.3 is 0 Å². The van der Waals surface area contributed by atoms with Gasteiger partial charge in [-0.15, -0.1) is 0 Å². The largest absolute Gasteiger partial charge is 0.394 e. The van der Waals surface area contributed by atoms with Crippen molar-refractivity contribution in [1.82, 2.24) is 4.90 Å². The van der Waals surface area contributed by atoms with Gasteiger partial charge in [0, 0.05) is 13.1 Å². The highest BCUT2D eigenvalue weighted by atomic mass is 16.3. The number of piperidine rings is 1. The summed E-state index contributed by atoms with van der Waals surface area (Å²) in [5, 5.41) is 8.55. The molecule has 1 rings (SSSR count). The Bertz CT molecular complexity index is 245. The summed E-state index contributed by atoms with van der Waals surface area (Å²) in [6.07, 6.45) is 3.53. The second-order valence-corrected chi connectivity index (χ2v) is 3.48. The van der Waals surface area contributed by atoms with Gasteiger partial charge in [-0.05, 0) is 19.3 Å². The first-order valence-corrected chi connectivity index (χ1v) is 5.24. The highest BCUT2D eigenvalue weighted by molar-refractivity contribution is 5.93. The summed E-state index contributed by atoms with van der Waals surface area (Å²) in [7, 11) is 0. The minimum Gasteiger partial charge on any atom is -0.394 e. The molecule has 1 aliphatic heterocycles. The van der Waals surface area contributed by atoms with Crippen LogP contribution < -0.4 is 11.5 Å². The van der Waals surface area contributed by atoms with Crippen molar-refractivity contribution in [2.75, 3.05) is 26.2 Å². The van der Waals surface area contributed by atoms with Crippen LogP contribution in [0.4, 0.5) is 0 Å². The third-order valence-corrected chi connectivity index (χ3v) is 2.28. The zero-order valence-electron chi connectivity index (χ0n) is 8.89. The second kappa shape index (κ2) is 6.23. The average molecular weight is 213 g/mol. The molecule has 0 bridgehead atoms. The first kappa shape index (κ1) is 11.8. The molecule has 1 heterocycles. The molecule has 5 N–H and O–H groups in total. The van der Waals surface area contributed by atoms with Crippen molar-refractivity contribution in [3.8, 4) is 0 Å². The van der Waals surface area contributed by atoms with Crippen molar-refractivity contribution in [2.24, 2.45) is 21.5 Å². The predicted molar refractivity (Wildman–Crippen MR) is 60.6 cm³/mol. The fourth-order valence-corrected chi connectivity index (χ4v) is 1.51. The highest BCUT2D eigenvalue weighted by Gasteiger charge is 2.11. The smallest absolute Gasteiger partial charge is 0.218 e. The predicted octanol–water partition coefficient (Wildman–Crippen LogP) is -0.906. The lowest BCUT2D eigenvalue weighted by Crippen LogP contribution is -2.41. The molecule has 0 unspecified atom stereocenters. The van der Waals surface area contributed by atoms with Gasteiger partial charge in [0.05, 0.1) is 13.2 Å². The van der Waals surface area contributed by atoms with Crippen LogP contribution in [-0.2, 0) is 0 Å². The summed E-state index contributed by atoms with van der Waals surface area (Å²) in [6, 6.07) is 0. The van der Waals surface area contributed by atoms with Crippen LogP contribution in [0.25, 0.3) is 0 Å². The lowest BCUT2D eigenvalue weighted by molar-refractivity contribution is 0.306. The minimum absolute atomic E-state index is 0.0279. The number of nitrogens with two attached hydrogens (primary N) is 2. The molecule has 86 valence electrons. The van der Waals surface area contributed by atoms with Crippen molar-refractivity contribution in [3.05, 3.63) is 0 Å². The van der Waals surface area contributed by atoms with Gasteiger partial charge in [-0.25, -0.2) is 4.99 Å². The van der Waals surface area contributed by atoms with E-state index in [1.54, 1.807) is 0 Å². The van der Waals surface area contributed by atoms with Crippen molar-refractivity contribution in [2.45, 2.75) is 19.3 Å². The van der Waals surface area contributed by atoms with Crippen LogP contribution in [0.1, 0.15) is 19.3 Å². The van der Waals surface area contributed by atoms with Gasteiger partial charge < -0.3 is 21.5 Å². The monoisotopic (exact) mass is 213 g/mol. The molecular weight excluding hydrogens is 194 g/mol. The quantitative estimate of drug-likeness (QED) is 0.408. The van der Waals surface area contributed by atoms with Crippen LogP contribution >= 0.6 is 0 Å². The van der Waals surface area contributed by atoms with Gasteiger partial charge in [0.25, 0.3) is 0 Å². The maximum absolute atomic E-state index is 8.55. The van der Waals surface area contributed by atoms with E-state index < -0.39 is 0 Å². The maximum atomic E-state index is 8.55. The Hall–Kier alpha value is -1.30. The summed E-state index contributed by atoms with van der Waals surface area (Å²) in [5.74, 6) is 0.556. The Morgan fingerprint density at radius 2 is 1.87 bits per heavy atom. The zero-order valence-corrected chi connectivity index (χ0v) is 8.89. The first-order valence-electron chi connectivity index (χ1n) is 5.24. The standard InChI is InChI=1S/C9H19N5O/c10-8(12-4-7-15)13-9(11)14-5-2-1-3-6-14/h15H,1-7H2,(H4,10,11,12,13). The number of guanidine groups is 2. The molecule has 0 aromatic rings. The topological polar surface area (TPSA) is 100 Å². The van der Waals surface area contributed by atoms with E-state index in [9.17, 15) is 0 Å². The van der Waals surface area contributed by atoms with E-state index in [1.807, 2.05) is 4.90 Å². The van der Waals surface area contributed by atoms with Crippen molar-refractivity contribution >= 4 is 11.9 Å². The molecule has 15 heavy (non-hydrogen) atoms. The Morgan fingerprint density at radius 3 is 2.47 bits per heavy atom. The van der Waals surface area contributed by atoms with Crippen molar-refractivity contribution in [1.29, 1.82) is 0 Å². The zero-order chi connectivity index (χ0) is 11.1. The summed E-state index contributed by atoms with van der Waals surface area (Å²) in [6.45, 7) is 2.10. The number of aliphatic imine (C=N–C) groups is 2. The normalized spacial score (nSPS) is 19.4. The lowest BCUT2D eigenvalue weighted by Gasteiger charge is -2.27. The second-order valence-electron chi connectivity index (χ2n) is 3.48. The van der Waals surface area contributed by atoms with Crippen LogP contribution in [0.3, 0.4) is 0 Å². The summed E-state index contributed by atoms with van der Waals surface area (Å²) in [5.41, 5.74) is 11.3. The van der Waals surface area contributed by atoms with E-state index in [4.69, 9.17) is 16.6 Å². The number of hydrogen-bond donors (Lipinski definition) is 3. The third kappa shape index (κ3) is 4.16. The van der Waals surface area contributed by atoms with E-state index in [2.05, 4.69) is 9.98 Å². The maximum Gasteiger partial charge on any atom is 0.218 e. The molecule has 0 aromatic carbocycles. The molecular formula is C9H19N5O. The van der Waals surface area contributed by atoms with Crippen LogP contribution in [0, 0.1) is 0 Å². The van der Waals surface area contributed by atoms with E-state index in [0.29, 0.717) is 5.96 Å². The Balaban J connectivity index is 2.49. The van der Waals surface area contributed by atoms with E-state index in [-0.39, 0.29) is 19.1 Å². The van der Waals surface area contributed by atoms with Gasteiger partial charge in [-0.2, -0.15) is 4.99 Å². The molecule has 0 spiro atoms. The van der Waals surface area contributed by atoms with E-state index in [0.717, 1.165) is 25.9 Å². The molecule has 0 amide bonds. The summed E-state index contributed by atoms with van der Waals surface area (Å²) < 4.78 is 0. The summed E-state index contributed by atoms with van der Waals surface area (Å²) >= 11 is 0. The number of aliphatic hydroxyl groups is 1. The van der Waals surface area contributed by atoms with Gasteiger partial charge in [0.1, 0.15) is 0 Å².